The molecule has 0 spiro atoms. The van der Waals surface area contributed by atoms with Gasteiger partial charge in [-0.05, 0) is 30.9 Å². The Kier molecular flexibility index (Phi) is 4.42. The highest BCUT2D eigenvalue weighted by atomic mass is 32.2. The van der Waals surface area contributed by atoms with Crippen LogP contribution < -0.4 is 5.32 Å². The smallest absolute Gasteiger partial charge is 0.246 e. The Balaban J connectivity index is 2.20. The number of hydrogen-bond donors (Lipinski definition) is 1. The molecule has 19 heavy (non-hydrogen) atoms. The summed E-state index contributed by atoms with van der Waals surface area (Å²) in [7, 11) is -0.129. The minimum absolute atomic E-state index is 0.248. The van der Waals surface area contributed by atoms with Gasteiger partial charge in [-0.2, -0.15) is 0 Å². The van der Waals surface area contributed by atoms with Crippen molar-refractivity contribution in [2.75, 3.05) is 26.0 Å². The van der Waals surface area contributed by atoms with Crippen molar-refractivity contribution in [3.63, 3.8) is 0 Å². The Hall–Kier alpha value is -1.14. The highest BCUT2D eigenvalue weighted by Crippen LogP contribution is 2.28. The molecule has 2 rings (SSSR count). The van der Waals surface area contributed by atoms with Gasteiger partial charge in [0.25, 0.3) is 0 Å². The van der Waals surface area contributed by atoms with Crippen LogP contribution in [0.1, 0.15) is 25.7 Å². The van der Waals surface area contributed by atoms with Gasteiger partial charge < -0.3 is 5.32 Å². The molecule has 0 aromatic carbocycles. The maximum Gasteiger partial charge on any atom is 0.246 e. The summed E-state index contributed by atoms with van der Waals surface area (Å²) in [6.45, 7) is 0.598. The maximum atomic E-state index is 12.5. The first-order chi connectivity index (χ1) is 9.05. The van der Waals surface area contributed by atoms with Crippen LogP contribution in [0.15, 0.2) is 23.2 Å². The van der Waals surface area contributed by atoms with Crippen LogP contribution in [0.4, 0.5) is 5.82 Å². The van der Waals surface area contributed by atoms with Crippen molar-refractivity contribution in [2.45, 2.75) is 30.6 Å². The Labute approximate surface area is 115 Å². The maximum absolute atomic E-state index is 12.5. The minimum Gasteiger partial charge on any atom is -0.372 e. The summed E-state index contributed by atoms with van der Waals surface area (Å²) in [4.78, 5) is 4.31. The van der Waals surface area contributed by atoms with Crippen molar-refractivity contribution in [1.82, 2.24) is 9.29 Å². The fourth-order valence-electron chi connectivity index (χ4n) is 2.61. The average Bonchev–Trinajstić information content (AvgIpc) is 2.91. The monoisotopic (exact) mass is 283 g/mol. The summed E-state index contributed by atoms with van der Waals surface area (Å²) >= 11 is 0. The van der Waals surface area contributed by atoms with E-state index in [9.17, 15) is 8.42 Å². The molecule has 0 saturated heterocycles. The Morgan fingerprint density at radius 3 is 2.74 bits per heavy atom. The highest BCUT2D eigenvalue weighted by molar-refractivity contribution is 7.89. The molecular formula is C13H21N3O2S. The predicted molar refractivity (Wildman–Crippen MR) is 75.6 cm³/mol. The average molecular weight is 283 g/mol. The number of sulfonamides is 1. The van der Waals surface area contributed by atoms with Crippen LogP contribution in [-0.4, -0.2) is 38.3 Å². The molecule has 0 unspecified atom stereocenters. The van der Waals surface area contributed by atoms with Gasteiger partial charge in [0, 0.05) is 26.8 Å². The van der Waals surface area contributed by atoms with Gasteiger partial charge >= 0.3 is 0 Å². The number of pyridine rings is 1. The number of aromatic nitrogens is 1. The lowest BCUT2D eigenvalue weighted by atomic mass is 10.1. The summed E-state index contributed by atoms with van der Waals surface area (Å²) in [5.74, 6) is 0.898. The minimum atomic E-state index is -3.46. The van der Waals surface area contributed by atoms with Crippen LogP contribution in [0.5, 0.6) is 0 Å². The lowest BCUT2D eigenvalue weighted by Crippen LogP contribution is -2.31. The van der Waals surface area contributed by atoms with E-state index >= 15 is 0 Å². The first-order valence-corrected chi connectivity index (χ1v) is 8.09. The summed E-state index contributed by atoms with van der Waals surface area (Å²) < 4.78 is 26.6. The third kappa shape index (κ3) is 3.06. The molecule has 106 valence electrons. The number of nitrogens with one attached hydrogen (secondary N) is 1. The third-order valence-corrected chi connectivity index (χ3v) is 5.54. The Morgan fingerprint density at radius 1 is 1.42 bits per heavy atom. The molecule has 0 amide bonds. The second-order valence-corrected chi connectivity index (χ2v) is 7.05. The van der Waals surface area contributed by atoms with E-state index in [0.29, 0.717) is 18.3 Å². The number of hydrogen-bond acceptors (Lipinski definition) is 4. The second-order valence-electron chi connectivity index (χ2n) is 5.04. The van der Waals surface area contributed by atoms with Crippen LogP contribution >= 0.6 is 0 Å². The number of anilines is 1. The van der Waals surface area contributed by atoms with E-state index in [0.717, 1.165) is 12.8 Å². The van der Waals surface area contributed by atoms with Crippen LogP contribution in [0.25, 0.3) is 0 Å². The molecule has 1 heterocycles. The van der Waals surface area contributed by atoms with Crippen molar-refractivity contribution < 1.29 is 8.42 Å². The first-order valence-electron chi connectivity index (χ1n) is 6.65. The largest absolute Gasteiger partial charge is 0.372 e. The molecular weight excluding hydrogens is 262 g/mol. The zero-order valence-electron chi connectivity index (χ0n) is 11.5. The number of rotatable bonds is 5. The van der Waals surface area contributed by atoms with Gasteiger partial charge in [0.1, 0.15) is 10.7 Å². The molecule has 0 atom stereocenters. The first kappa shape index (κ1) is 14.3. The van der Waals surface area contributed by atoms with Crippen LogP contribution in [0.2, 0.25) is 0 Å². The van der Waals surface area contributed by atoms with Crippen LogP contribution in [0.3, 0.4) is 0 Å². The fraction of sp³-hybridized carbons (Fsp3) is 0.615. The van der Waals surface area contributed by atoms with E-state index in [2.05, 4.69) is 10.3 Å². The predicted octanol–water partition coefficient (Wildman–Crippen LogP) is 1.93. The van der Waals surface area contributed by atoms with Crippen LogP contribution in [0, 0.1) is 5.92 Å². The summed E-state index contributed by atoms with van der Waals surface area (Å²) in [6, 6.07) is 3.25. The van der Waals surface area contributed by atoms with Gasteiger partial charge in [-0.25, -0.2) is 17.7 Å². The van der Waals surface area contributed by atoms with E-state index in [1.165, 1.54) is 17.1 Å². The lowest BCUT2D eigenvalue weighted by Gasteiger charge is -2.21. The molecule has 1 aliphatic carbocycles. The molecule has 1 fully saturated rings. The van der Waals surface area contributed by atoms with Gasteiger partial charge in [0.15, 0.2) is 0 Å². The van der Waals surface area contributed by atoms with E-state index < -0.39 is 10.0 Å². The molecule has 5 nitrogen and oxygen atoms in total. The molecule has 0 bridgehead atoms. The molecule has 0 aliphatic heterocycles. The zero-order valence-corrected chi connectivity index (χ0v) is 12.3. The van der Waals surface area contributed by atoms with Crippen LogP contribution in [-0.2, 0) is 10.0 Å². The van der Waals surface area contributed by atoms with E-state index in [4.69, 9.17) is 0 Å². The van der Waals surface area contributed by atoms with Crippen molar-refractivity contribution in [2.24, 2.45) is 5.92 Å². The SMILES string of the molecule is CNc1ncccc1S(=O)(=O)N(C)CC1CCCC1. The lowest BCUT2D eigenvalue weighted by molar-refractivity contribution is 0.387. The molecule has 1 aliphatic rings. The molecule has 6 heteroatoms. The van der Waals surface area contributed by atoms with Crippen molar-refractivity contribution in [3.8, 4) is 0 Å². The van der Waals surface area contributed by atoms with E-state index in [-0.39, 0.29) is 4.90 Å². The Bertz CT molecular complexity index is 524. The van der Waals surface area contributed by atoms with Gasteiger partial charge in [0.2, 0.25) is 10.0 Å². The highest BCUT2D eigenvalue weighted by Gasteiger charge is 2.27. The van der Waals surface area contributed by atoms with E-state index in [1.807, 2.05) is 0 Å². The third-order valence-electron chi connectivity index (χ3n) is 3.69. The molecule has 1 aromatic heterocycles. The fourth-order valence-corrected chi connectivity index (χ4v) is 4.00. The van der Waals surface area contributed by atoms with Gasteiger partial charge in [0.05, 0.1) is 0 Å². The van der Waals surface area contributed by atoms with Gasteiger partial charge in [-0.15, -0.1) is 0 Å². The summed E-state index contributed by atoms with van der Waals surface area (Å²) in [5, 5.41) is 2.83. The standard InChI is InChI=1S/C13H21N3O2S/c1-14-13-12(8-5-9-15-13)19(17,18)16(2)10-11-6-3-4-7-11/h5,8-9,11H,3-4,6-7,10H2,1-2H3,(H,14,15). The quantitative estimate of drug-likeness (QED) is 0.897. The van der Waals surface area contributed by atoms with Crippen molar-refractivity contribution in [3.05, 3.63) is 18.3 Å². The van der Waals surface area contributed by atoms with Gasteiger partial charge in [-0.1, -0.05) is 12.8 Å². The summed E-state index contributed by atoms with van der Waals surface area (Å²) in [6.07, 6.45) is 6.28. The normalized spacial score (nSPS) is 17.0. The Morgan fingerprint density at radius 2 is 2.11 bits per heavy atom. The second kappa shape index (κ2) is 5.88. The molecule has 0 radical (unpaired) electrons. The topological polar surface area (TPSA) is 62.3 Å². The van der Waals surface area contributed by atoms with Crippen molar-refractivity contribution in [1.29, 1.82) is 0 Å². The van der Waals surface area contributed by atoms with Crippen molar-refractivity contribution >= 4 is 15.8 Å². The van der Waals surface area contributed by atoms with Gasteiger partial charge in [-0.3, -0.25) is 0 Å². The zero-order chi connectivity index (χ0) is 13.9. The molecule has 1 N–H and O–H groups in total. The number of nitrogens with zero attached hydrogens (tertiary/aromatic N) is 2. The molecule has 1 aromatic rings. The summed E-state index contributed by atoms with van der Waals surface area (Å²) in [5.41, 5.74) is 0. The van der Waals surface area contributed by atoms with E-state index in [1.54, 1.807) is 32.4 Å². The molecule has 1 saturated carbocycles.